The van der Waals surface area contributed by atoms with Gasteiger partial charge in [-0.1, -0.05) is 17.7 Å². The zero-order valence-electron chi connectivity index (χ0n) is 9.83. The summed E-state index contributed by atoms with van der Waals surface area (Å²) >= 11 is 5.98. The van der Waals surface area contributed by atoms with Gasteiger partial charge in [-0.3, -0.25) is 4.79 Å². The number of halogens is 2. The van der Waals surface area contributed by atoms with Crippen LogP contribution in [-0.2, 0) is 4.79 Å². The van der Waals surface area contributed by atoms with Gasteiger partial charge < -0.3 is 4.90 Å². The van der Waals surface area contributed by atoms with Crippen LogP contribution in [0.2, 0.25) is 5.02 Å². The Morgan fingerprint density at radius 3 is 2.67 bits per heavy atom. The van der Waals surface area contributed by atoms with E-state index in [1.807, 2.05) is 4.90 Å². The summed E-state index contributed by atoms with van der Waals surface area (Å²) in [5.74, 6) is -0.135. The highest BCUT2D eigenvalue weighted by Crippen LogP contribution is 2.33. The molecule has 18 heavy (non-hydrogen) atoms. The minimum absolute atomic E-state index is 0.117. The number of carbonyl (C=O) groups excluding carboxylic acids is 1. The molecule has 0 spiro atoms. The van der Waals surface area contributed by atoms with Crippen LogP contribution in [0.1, 0.15) is 18.4 Å². The predicted molar refractivity (Wildman–Crippen MR) is 68.7 cm³/mol. The molecule has 0 saturated carbocycles. The third-order valence-electron chi connectivity index (χ3n) is 3.74. The Balaban J connectivity index is 2.04. The zero-order valence-corrected chi connectivity index (χ0v) is 10.6. The third-order valence-corrected chi connectivity index (χ3v) is 4.07. The molecule has 3 aliphatic rings. The van der Waals surface area contributed by atoms with Crippen molar-refractivity contribution in [3.05, 3.63) is 40.3 Å². The molecular weight excluding hydrogens is 253 g/mol. The Bertz CT molecular complexity index is 512. The quantitative estimate of drug-likeness (QED) is 0.727. The van der Waals surface area contributed by atoms with Crippen molar-refractivity contribution in [2.75, 3.05) is 13.1 Å². The van der Waals surface area contributed by atoms with Gasteiger partial charge in [-0.15, -0.1) is 0 Å². The normalized spacial score (nSPS) is 22.0. The fourth-order valence-corrected chi connectivity index (χ4v) is 2.91. The number of fused-ring (bicyclic) bond motifs is 3. The first-order chi connectivity index (χ1) is 8.66. The van der Waals surface area contributed by atoms with Crippen molar-refractivity contribution in [3.63, 3.8) is 0 Å². The lowest BCUT2D eigenvalue weighted by Gasteiger charge is -2.41. The zero-order chi connectivity index (χ0) is 12.7. The number of carbonyl (C=O) groups is 1. The average Bonchev–Trinajstić information content (AvgIpc) is 2.37. The van der Waals surface area contributed by atoms with Crippen LogP contribution < -0.4 is 0 Å². The lowest BCUT2D eigenvalue weighted by atomic mass is 9.84. The first-order valence-corrected chi connectivity index (χ1v) is 6.49. The molecule has 3 saturated heterocycles. The minimum Gasteiger partial charge on any atom is -0.369 e. The largest absolute Gasteiger partial charge is 0.369 e. The second-order valence-corrected chi connectivity index (χ2v) is 5.20. The van der Waals surface area contributed by atoms with Crippen molar-refractivity contribution in [3.8, 4) is 0 Å². The summed E-state index contributed by atoms with van der Waals surface area (Å²) in [6.45, 7) is 1.77. The first kappa shape index (κ1) is 11.7. The first-order valence-electron chi connectivity index (χ1n) is 6.11. The predicted octanol–water partition coefficient (Wildman–Crippen LogP) is 3.11. The van der Waals surface area contributed by atoms with Crippen LogP contribution in [0.15, 0.2) is 23.9 Å². The van der Waals surface area contributed by atoms with Gasteiger partial charge in [0.1, 0.15) is 5.82 Å². The molecule has 0 aliphatic carbocycles. The van der Waals surface area contributed by atoms with Crippen LogP contribution >= 0.6 is 11.6 Å². The summed E-state index contributed by atoms with van der Waals surface area (Å²) in [5, 5.41) is 0.345. The van der Waals surface area contributed by atoms with Gasteiger partial charge in [0.05, 0.1) is 10.7 Å². The molecule has 0 amide bonds. The maximum atomic E-state index is 13.7. The van der Waals surface area contributed by atoms with Crippen molar-refractivity contribution in [2.45, 2.75) is 12.8 Å². The molecule has 4 heteroatoms. The van der Waals surface area contributed by atoms with Gasteiger partial charge in [-0.25, -0.2) is 4.39 Å². The summed E-state index contributed by atoms with van der Waals surface area (Å²) in [6, 6.07) is 4.56. The molecule has 3 aliphatic heterocycles. The Kier molecular flexibility index (Phi) is 2.86. The highest BCUT2D eigenvalue weighted by atomic mass is 35.5. The summed E-state index contributed by atoms with van der Waals surface area (Å²) < 4.78 is 13.7. The molecule has 0 N–H and O–H groups in total. The molecule has 2 nitrogen and oxygen atoms in total. The van der Waals surface area contributed by atoms with Crippen LogP contribution in [-0.4, -0.2) is 23.8 Å². The molecule has 94 valence electrons. The molecule has 3 heterocycles. The Morgan fingerprint density at radius 1 is 1.33 bits per heavy atom. The Hall–Kier alpha value is -1.35. The van der Waals surface area contributed by atoms with E-state index in [1.54, 1.807) is 18.2 Å². The number of hydrogen-bond donors (Lipinski definition) is 0. The number of benzene rings is 1. The van der Waals surface area contributed by atoms with Gasteiger partial charge in [-0.05, 0) is 31.1 Å². The van der Waals surface area contributed by atoms with Crippen LogP contribution in [0, 0.1) is 11.7 Å². The molecule has 0 radical (unpaired) electrons. The van der Waals surface area contributed by atoms with E-state index in [-0.39, 0.29) is 17.5 Å². The molecule has 1 aromatic carbocycles. The van der Waals surface area contributed by atoms with E-state index >= 15 is 0 Å². The minimum atomic E-state index is -0.384. The molecule has 0 unspecified atom stereocenters. The SMILES string of the molecule is O=C1C(=Cc2c(F)cccc2Cl)N2CCC1CC2. The fraction of sp³-hybridized carbons (Fsp3) is 0.357. The highest BCUT2D eigenvalue weighted by Gasteiger charge is 2.36. The lowest BCUT2D eigenvalue weighted by molar-refractivity contribution is -0.125. The second-order valence-electron chi connectivity index (χ2n) is 4.79. The van der Waals surface area contributed by atoms with Gasteiger partial charge >= 0.3 is 0 Å². The number of hydrogen-bond acceptors (Lipinski definition) is 2. The van der Waals surface area contributed by atoms with E-state index in [9.17, 15) is 9.18 Å². The molecular formula is C14H13ClFNO. The number of rotatable bonds is 1. The van der Waals surface area contributed by atoms with Crippen LogP contribution in [0.5, 0.6) is 0 Å². The fourth-order valence-electron chi connectivity index (χ4n) is 2.70. The van der Waals surface area contributed by atoms with Crippen LogP contribution in [0.3, 0.4) is 0 Å². The maximum Gasteiger partial charge on any atom is 0.182 e. The van der Waals surface area contributed by atoms with Gasteiger partial charge in [-0.2, -0.15) is 0 Å². The van der Waals surface area contributed by atoms with Crippen molar-refractivity contribution in [1.29, 1.82) is 0 Å². The monoisotopic (exact) mass is 265 g/mol. The highest BCUT2D eigenvalue weighted by molar-refractivity contribution is 6.32. The summed E-state index contributed by atoms with van der Waals surface area (Å²) in [5.41, 5.74) is 0.930. The van der Waals surface area contributed by atoms with Crippen molar-refractivity contribution in [1.82, 2.24) is 4.90 Å². The number of nitrogens with zero attached hydrogens (tertiary/aromatic N) is 1. The van der Waals surface area contributed by atoms with Gasteiger partial charge in [0.2, 0.25) is 0 Å². The van der Waals surface area contributed by atoms with Crippen LogP contribution in [0.4, 0.5) is 4.39 Å². The van der Waals surface area contributed by atoms with Gasteiger partial charge in [0.15, 0.2) is 5.78 Å². The van der Waals surface area contributed by atoms with E-state index in [0.29, 0.717) is 16.3 Å². The van der Waals surface area contributed by atoms with E-state index in [0.717, 1.165) is 25.9 Å². The lowest BCUT2D eigenvalue weighted by Crippen LogP contribution is -2.45. The molecule has 0 atom stereocenters. The summed E-state index contributed by atoms with van der Waals surface area (Å²) in [7, 11) is 0. The Morgan fingerprint density at radius 2 is 2.06 bits per heavy atom. The second kappa shape index (κ2) is 4.39. The van der Waals surface area contributed by atoms with Gasteiger partial charge in [0.25, 0.3) is 0 Å². The topological polar surface area (TPSA) is 20.3 Å². The summed E-state index contributed by atoms with van der Waals surface area (Å²) in [4.78, 5) is 14.2. The molecule has 2 bridgehead atoms. The van der Waals surface area contributed by atoms with E-state index in [2.05, 4.69) is 0 Å². The van der Waals surface area contributed by atoms with Crippen molar-refractivity contribution >= 4 is 23.5 Å². The molecule has 1 aromatic rings. The maximum absolute atomic E-state index is 13.7. The number of ketones is 1. The average molecular weight is 266 g/mol. The standard InChI is InChI=1S/C14H13ClFNO/c15-11-2-1-3-12(16)10(11)8-13-14(18)9-4-6-17(13)7-5-9/h1-3,8-9H,4-7H2. The molecule has 4 rings (SSSR count). The van der Waals surface area contributed by atoms with E-state index < -0.39 is 0 Å². The van der Waals surface area contributed by atoms with Crippen molar-refractivity contribution < 1.29 is 9.18 Å². The van der Waals surface area contributed by atoms with Crippen LogP contribution in [0.25, 0.3) is 6.08 Å². The third kappa shape index (κ3) is 1.83. The van der Waals surface area contributed by atoms with E-state index in [4.69, 9.17) is 11.6 Å². The van der Waals surface area contributed by atoms with Crippen molar-refractivity contribution in [2.24, 2.45) is 5.92 Å². The number of piperidine rings is 3. The van der Waals surface area contributed by atoms with Gasteiger partial charge in [0, 0.05) is 24.6 Å². The molecule has 3 fully saturated rings. The number of allylic oxidation sites excluding steroid dienone is 1. The summed E-state index contributed by atoms with van der Waals surface area (Å²) in [6.07, 6.45) is 3.44. The Labute approximate surface area is 110 Å². The van der Waals surface area contributed by atoms with E-state index in [1.165, 1.54) is 6.07 Å². The smallest absolute Gasteiger partial charge is 0.182 e. The molecule has 0 aromatic heterocycles. The number of Topliss-reactive ketones (excluding diaryl/α,β-unsaturated/α-hetero) is 1.